The Kier molecular flexibility index (Phi) is 5.27. The summed E-state index contributed by atoms with van der Waals surface area (Å²) < 4.78 is 13.1. The molecule has 1 amide bonds. The van der Waals surface area contributed by atoms with Gasteiger partial charge in [0.2, 0.25) is 5.91 Å². The smallest absolute Gasteiger partial charge is 0.262 e. The van der Waals surface area contributed by atoms with Crippen molar-refractivity contribution in [3.63, 3.8) is 0 Å². The van der Waals surface area contributed by atoms with E-state index >= 15 is 0 Å². The minimum absolute atomic E-state index is 0.0577. The van der Waals surface area contributed by atoms with Crippen molar-refractivity contribution in [1.82, 2.24) is 14.5 Å². The largest absolute Gasteiger partial charge is 0.486 e. The van der Waals surface area contributed by atoms with Crippen LogP contribution in [0.5, 0.6) is 11.5 Å². The quantitative estimate of drug-likeness (QED) is 0.643. The topological polar surface area (TPSA) is 73.7 Å². The lowest BCUT2D eigenvalue weighted by Gasteiger charge is -2.29. The van der Waals surface area contributed by atoms with E-state index in [0.717, 1.165) is 21.0 Å². The second-order valence-corrected chi connectivity index (χ2v) is 8.43. The highest BCUT2D eigenvalue weighted by atomic mass is 32.1. The minimum atomic E-state index is -0.226. The van der Waals surface area contributed by atoms with Gasteiger partial charge in [-0.25, -0.2) is 4.98 Å². The lowest BCUT2D eigenvalue weighted by atomic mass is 10.2. The Balaban J connectivity index is 1.37. The van der Waals surface area contributed by atoms with Crippen molar-refractivity contribution in [2.24, 2.45) is 0 Å². The molecule has 152 valence electrons. The molecule has 3 heterocycles. The van der Waals surface area contributed by atoms with E-state index in [2.05, 4.69) is 4.98 Å². The van der Waals surface area contributed by atoms with Gasteiger partial charge in [0.15, 0.2) is 17.6 Å². The maximum atomic E-state index is 12.7. The van der Waals surface area contributed by atoms with Crippen LogP contribution in [0.4, 0.5) is 0 Å². The molecule has 0 saturated carbocycles. The zero-order valence-electron chi connectivity index (χ0n) is 16.7. The molecule has 0 radical (unpaired) electrons. The molecule has 0 unspecified atom stereocenters. The van der Waals surface area contributed by atoms with Crippen LogP contribution in [-0.2, 0) is 11.3 Å². The van der Waals surface area contributed by atoms with Gasteiger partial charge in [0.1, 0.15) is 11.4 Å². The standard InChI is InChI=1S/C21H23N3O4S/c1-13-14(2)29-20-19(13)21(26)24(12-22-20)9-8-18(25)23(3)10-15-11-27-16-6-4-5-7-17(16)28-15/h4-7,12,15H,8-11H2,1-3H3/t15-/m1/s1. The van der Waals surface area contributed by atoms with Crippen LogP contribution in [0, 0.1) is 13.8 Å². The Morgan fingerprint density at radius 1 is 1.31 bits per heavy atom. The second kappa shape index (κ2) is 7.87. The van der Waals surface area contributed by atoms with Gasteiger partial charge < -0.3 is 14.4 Å². The number of aromatic nitrogens is 2. The third kappa shape index (κ3) is 3.85. The van der Waals surface area contributed by atoms with Gasteiger partial charge in [-0.05, 0) is 31.5 Å². The third-order valence-electron chi connectivity index (χ3n) is 5.19. The van der Waals surface area contributed by atoms with Crippen molar-refractivity contribution in [3.8, 4) is 11.5 Å². The van der Waals surface area contributed by atoms with E-state index in [4.69, 9.17) is 9.47 Å². The number of thiophene rings is 1. The van der Waals surface area contributed by atoms with Gasteiger partial charge >= 0.3 is 0 Å². The molecular formula is C21H23N3O4S. The Morgan fingerprint density at radius 3 is 2.86 bits per heavy atom. The molecule has 1 aliphatic heterocycles. The number of carbonyl (C=O) groups is 1. The first-order chi connectivity index (χ1) is 13.9. The normalized spacial score (nSPS) is 15.5. The van der Waals surface area contributed by atoms with Gasteiger partial charge in [-0.2, -0.15) is 0 Å². The summed E-state index contributed by atoms with van der Waals surface area (Å²) in [4.78, 5) is 33.2. The molecule has 4 rings (SSSR count). The number of hydrogen-bond donors (Lipinski definition) is 0. The molecular weight excluding hydrogens is 390 g/mol. The molecule has 0 N–H and O–H groups in total. The highest BCUT2D eigenvalue weighted by Gasteiger charge is 2.23. The fourth-order valence-corrected chi connectivity index (χ4v) is 4.38. The molecule has 2 aromatic heterocycles. The number of fused-ring (bicyclic) bond motifs is 2. The first kappa shape index (κ1) is 19.4. The van der Waals surface area contributed by atoms with E-state index in [1.165, 1.54) is 22.2 Å². The molecule has 0 aliphatic carbocycles. The molecule has 0 spiro atoms. The average molecular weight is 413 g/mol. The van der Waals surface area contributed by atoms with E-state index in [-0.39, 0.29) is 24.0 Å². The predicted molar refractivity (Wildman–Crippen MR) is 112 cm³/mol. The highest BCUT2D eigenvalue weighted by molar-refractivity contribution is 7.18. The second-order valence-electron chi connectivity index (χ2n) is 7.23. The summed E-state index contributed by atoms with van der Waals surface area (Å²) in [5.74, 6) is 1.36. The molecule has 1 atom stereocenters. The highest BCUT2D eigenvalue weighted by Crippen LogP contribution is 2.31. The third-order valence-corrected chi connectivity index (χ3v) is 6.31. The summed E-state index contributed by atoms with van der Waals surface area (Å²) in [7, 11) is 1.74. The molecule has 1 aromatic carbocycles. The number of nitrogens with zero attached hydrogens (tertiary/aromatic N) is 3. The molecule has 7 nitrogen and oxygen atoms in total. The summed E-state index contributed by atoms with van der Waals surface area (Å²) in [5.41, 5.74) is 0.878. The van der Waals surface area contributed by atoms with Crippen LogP contribution >= 0.6 is 11.3 Å². The maximum Gasteiger partial charge on any atom is 0.262 e. The van der Waals surface area contributed by atoms with E-state index in [0.29, 0.717) is 30.8 Å². The fraction of sp³-hybridized carbons (Fsp3) is 0.381. The number of carbonyl (C=O) groups excluding carboxylic acids is 1. The van der Waals surface area contributed by atoms with E-state index < -0.39 is 0 Å². The van der Waals surface area contributed by atoms with Crippen molar-refractivity contribution in [2.45, 2.75) is 32.9 Å². The molecule has 3 aromatic rings. The van der Waals surface area contributed by atoms with Crippen LogP contribution in [0.3, 0.4) is 0 Å². The summed E-state index contributed by atoms with van der Waals surface area (Å²) >= 11 is 1.52. The molecule has 1 aliphatic rings. The zero-order chi connectivity index (χ0) is 20.5. The number of likely N-dealkylation sites (N-methyl/N-ethyl adjacent to an activating group) is 1. The minimum Gasteiger partial charge on any atom is -0.486 e. The summed E-state index contributed by atoms with van der Waals surface area (Å²) in [6, 6.07) is 7.50. The van der Waals surface area contributed by atoms with Crippen molar-refractivity contribution in [1.29, 1.82) is 0 Å². The van der Waals surface area contributed by atoms with E-state index in [9.17, 15) is 9.59 Å². The van der Waals surface area contributed by atoms with Gasteiger partial charge in [-0.3, -0.25) is 14.2 Å². The number of amides is 1. The predicted octanol–water partition coefficient (Wildman–Crippen LogP) is 2.76. The molecule has 29 heavy (non-hydrogen) atoms. The Morgan fingerprint density at radius 2 is 2.07 bits per heavy atom. The van der Waals surface area contributed by atoms with Crippen molar-refractivity contribution in [3.05, 3.63) is 51.4 Å². The van der Waals surface area contributed by atoms with Gasteiger partial charge in [-0.1, -0.05) is 12.1 Å². The SMILES string of the molecule is Cc1sc2ncn(CCC(=O)N(C)C[C@@H]3COc4ccccc4O3)c(=O)c2c1C. The first-order valence-electron chi connectivity index (χ1n) is 9.51. The van der Waals surface area contributed by atoms with Crippen LogP contribution in [0.15, 0.2) is 35.4 Å². The van der Waals surface area contributed by atoms with Gasteiger partial charge in [-0.15, -0.1) is 11.3 Å². The monoisotopic (exact) mass is 413 g/mol. The van der Waals surface area contributed by atoms with Crippen molar-refractivity contribution >= 4 is 27.5 Å². The van der Waals surface area contributed by atoms with Crippen LogP contribution in [0.1, 0.15) is 16.9 Å². The lowest BCUT2D eigenvalue weighted by Crippen LogP contribution is -2.42. The van der Waals surface area contributed by atoms with Gasteiger partial charge in [0, 0.05) is 24.9 Å². The number of rotatable bonds is 5. The van der Waals surface area contributed by atoms with Gasteiger partial charge in [0.05, 0.1) is 18.3 Å². The van der Waals surface area contributed by atoms with Crippen LogP contribution < -0.4 is 15.0 Å². The number of benzene rings is 1. The number of hydrogen-bond acceptors (Lipinski definition) is 6. The summed E-state index contributed by atoms with van der Waals surface area (Å²) in [5, 5.41) is 0.655. The first-order valence-corrected chi connectivity index (χ1v) is 10.3. The Bertz CT molecular complexity index is 1120. The van der Waals surface area contributed by atoms with E-state index in [1.54, 1.807) is 11.9 Å². The summed E-state index contributed by atoms with van der Waals surface area (Å²) in [6.45, 7) is 5.03. The number of aryl methyl sites for hydroxylation is 3. The van der Waals surface area contributed by atoms with Crippen molar-refractivity contribution in [2.75, 3.05) is 20.2 Å². The van der Waals surface area contributed by atoms with Crippen LogP contribution in [0.25, 0.3) is 10.2 Å². The fourth-order valence-electron chi connectivity index (χ4n) is 3.40. The van der Waals surface area contributed by atoms with Crippen LogP contribution in [-0.4, -0.2) is 46.7 Å². The Labute approximate surface area is 172 Å². The van der Waals surface area contributed by atoms with Gasteiger partial charge in [0.25, 0.3) is 5.56 Å². The van der Waals surface area contributed by atoms with Crippen LogP contribution in [0.2, 0.25) is 0 Å². The number of ether oxygens (including phenoxy) is 2. The molecule has 8 heteroatoms. The average Bonchev–Trinajstić information content (AvgIpc) is 3.01. The molecule has 0 fully saturated rings. The van der Waals surface area contributed by atoms with E-state index in [1.807, 2.05) is 38.1 Å². The molecule has 0 bridgehead atoms. The summed E-state index contributed by atoms with van der Waals surface area (Å²) in [6.07, 6.45) is 1.52. The van der Waals surface area contributed by atoms with Crippen molar-refractivity contribution < 1.29 is 14.3 Å². The number of para-hydroxylation sites is 2. The zero-order valence-corrected chi connectivity index (χ0v) is 17.5. The Hall–Kier alpha value is -2.87. The lowest BCUT2D eigenvalue weighted by molar-refractivity contribution is -0.131. The molecule has 0 saturated heterocycles. The maximum absolute atomic E-state index is 12.7.